The molecule has 1 aromatic carbocycles. The molecule has 0 saturated heterocycles. The molecule has 0 spiro atoms. The summed E-state index contributed by atoms with van der Waals surface area (Å²) in [7, 11) is -3.83. The van der Waals surface area contributed by atoms with E-state index in [4.69, 9.17) is 5.14 Å². The Kier molecular flexibility index (Phi) is 2.07. The second-order valence-electron chi connectivity index (χ2n) is 4.92. The molecule has 2 aliphatic rings. The fourth-order valence-electron chi connectivity index (χ4n) is 2.25. The molecule has 2 N–H and O–H groups in total. The van der Waals surface area contributed by atoms with Crippen molar-refractivity contribution in [2.75, 3.05) is 0 Å². The van der Waals surface area contributed by atoms with Crippen molar-refractivity contribution in [1.29, 1.82) is 0 Å². The number of rotatable bonds is 2. The lowest BCUT2D eigenvalue weighted by molar-refractivity contribution is 0.256. The number of nitrogens with zero attached hydrogens (tertiary/aromatic N) is 2. The fraction of sp³-hybridized carbons (Fsp3) is 0.364. The largest absolute Gasteiger partial charge is 0.368 e. The van der Waals surface area contributed by atoms with E-state index in [0.29, 0.717) is 16.3 Å². The molecule has 1 aliphatic carbocycles. The Morgan fingerprint density at radius 2 is 1.94 bits per heavy atom. The molecule has 1 heterocycles. The first-order valence-corrected chi connectivity index (χ1v) is 7.04. The van der Waals surface area contributed by atoms with Gasteiger partial charge < -0.3 is 0 Å². The van der Waals surface area contributed by atoms with Gasteiger partial charge in [-0.2, -0.15) is 9.98 Å². The van der Waals surface area contributed by atoms with Crippen LogP contribution >= 0.6 is 0 Å². The highest BCUT2D eigenvalue weighted by molar-refractivity contribution is 7.89. The van der Waals surface area contributed by atoms with Crippen LogP contribution in [0.5, 0.6) is 0 Å². The van der Waals surface area contributed by atoms with Crippen molar-refractivity contribution in [3.63, 3.8) is 0 Å². The first kappa shape index (κ1) is 11.5. The van der Waals surface area contributed by atoms with E-state index in [1.807, 2.05) is 6.92 Å². The van der Waals surface area contributed by atoms with Crippen molar-refractivity contribution < 1.29 is 13.2 Å². The summed E-state index contributed by atoms with van der Waals surface area (Å²) in [4.78, 5) is 18.8. The molecule has 2 amide bonds. The second-order valence-corrected chi connectivity index (χ2v) is 6.45. The highest BCUT2D eigenvalue weighted by Crippen LogP contribution is 2.47. The fourth-order valence-corrected chi connectivity index (χ4v) is 3.13. The van der Waals surface area contributed by atoms with Crippen molar-refractivity contribution in [3.05, 3.63) is 28.4 Å². The molecule has 1 aromatic rings. The van der Waals surface area contributed by atoms with Crippen molar-refractivity contribution in [2.45, 2.75) is 30.1 Å². The maximum Gasteiger partial charge on any atom is 0.368 e. The van der Waals surface area contributed by atoms with Crippen molar-refractivity contribution in [1.82, 2.24) is 0 Å². The highest BCUT2D eigenvalue weighted by Gasteiger charge is 2.44. The average molecular weight is 265 g/mol. The molecule has 0 unspecified atom stereocenters. The van der Waals surface area contributed by atoms with Crippen LogP contribution in [0.25, 0.3) is 0 Å². The maximum atomic E-state index is 11.6. The Labute approximate surface area is 103 Å². The Hall–Kier alpha value is -1.60. The Morgan fingerprint density at radius 3 is 2.50 bits per heavy atom. The minimum Gasteiger partial charge on any atom is -0.244 e. The highest BCUT2D eigenvalue weighted by atomic mass is 32.2. The molecular weight excluding hydrogens is 254 g/mol. The van der Waals surface area contributed by atoms with E-state index in [2.05, 4.69) is 9.98 Å². The number of carbonyl (C=O) groups excluding carboxylic acids is 1. The zero-order valence-corrected chi connectivity index (χ0v) is 10.5. The topological polar surface area (TPSA) is 102 Å². The number of carbonyl (C=O) groups is 1. The molecule has 94 valence electrons. The van der Waals surface area contributed by atoms with Crippen LogP contribution in [0.2, 0.25) is 0 Å². The van der Waals surface area contributed by atoms with Crippen LogP contribution in [0.15, 0.2) is 27.0 Å². The summed E-state index contributed by atoms with van der Waals surface area (Å²) in [5.74, 6) is 0. The molecule has 3 rings (SSSR count). The minimum absolute atomic E-state index is 0.0508. The molecule has 18 heavy (non-hydrogen) atoms. The van der Waals surface area contributed by atoms with Gasteiger partial charge in [0.15, 0.2) is 0 Å². The molecule has 7 heteroatoms. The average Bonchev–Trinajstić information content (AvgIpc) is 2.87. The summed E-state index contributed by atoms with van der Waals surface area (Å²) in [6, 6.07) is 2.28. The summed E-state index contributed by atoms with van der Waals surface area (Å²) < 4.78 is 23.3. The standard InChI is InChI=1S/C11H11N3O3S/c1-11(4-5-11)8-7(18(12,16)17)3-2-6-9(8)14-10(15)13-6/h2-3H,4-5H2,1H3,(H2,12,16,17). The Bertz CT molecular complexity index is 792. The van der Waals surface area contributed by atoms with Gasteiger partial charge >= 0.3 is 6.03 Å². The van der Waals surface area contributed by atoms with Crippen molar-refractivity contribution >= 4 is 16.1 Å². The van der Waals surface area contributed by atoms with E-state index in [0.717, 1.165) is 12.8 Å². The number of urea groups is 1. The summed E-state index contributed by atoms with van der Waals surface area (Å²) in [6.45, 7) is 1.94. The molecule has 0 aromatic heterocycles. The third-order valence-corrected chi connectivity index (χ3v) is 4.41. The maximum absolute atomic E-state index is 11.6. The molecule has 0 atom stereocenters. The van der Waals surface area contributed by atoms with Gasteiger partial charge in [0.05, 0.1) is 15.6 Å². The Morgan fingerprint density at radius 1 is 1.28 bits per heavy atom. The lowest BCUT2D eigenvalue weighted by Crippen LogP contribution is -2.33. The van der Waals surface area contributed by atoms with Gasteiger partial charge in [-0.1, -0.05) is 6.92 Å². The minimum atomic E-state index is -3.83. The third-order valence-electron chi connectivity index (χ3n) is 3.45. The van der Waals surface area contributed by atoms with Crippen LogP contribution in [0.3, 0.4) is 0 Å². The van der Waals surface area contributed by atoms with Crippen LogP contribution in [0.1, 0.15) is 25.3 Å². The predicted octanol–water partition coefficient (Wildman–Crippen LogP) is -0.242. The number of hydrogen-bond donors (Lipinski definition) is 1. The molecule has 1 saturated carbocycles. The molecule has 0 radical (unpaired) electrons. The number of primary sulfonamides is 1. The summed E-state index contributed by atoms with van der Waals surface area (Å²) in [6.07, 6.45) is 1.71. The third kappa shape index (κ3) is 1.58. The summed E-state index contributed by atoms with van der Waals surface area (Å²) in [5.41, 5.74) is 0.272. The van der Waals surface area contributed by atoms with Crippen LogP contribution < -0.4 is 15.9 Å². The van der Waals surface area contributed by atoms with Crippen LogP contribution in [-0.2, 0) is 15.4 Å². The van der Waals surface area contributed by atoms with Gasteiger partial charge in [-0.3, -0.25) is 0 Å². The SMILES string of the molecule is CC1(c2c(S(N)(=O)=O)ccc3c2=NC(=O)N=3)CC1. The molecule has 6 nitrogen and oxygen atoms in total. The van der Waals surface area contributed by atoms with Crippen LogP contribution in [-0.4, -0.2) is 14.4 Å². The van der Waals surface area contributed by atoms with Gasteiger partial charge in [-0.05, 0) is 30.4 Å². The van der Waals surface area contributed by atoms with Gasteiger partial charge in [0.25, 0.3) is 0 Å². The van der Waals surface area contributed by atoms with Gasteiger partial charge in [-0.15, -0.1) is 0 Å². The molecule has 1 fully saturated rings. The summed E-state index contributed by atoms with van der Waals surface area (Å²) >= 11 is 0. The van der Waals surface area contributed by atoms with Gasteiger partial charge in [0.1, 0.15) is 0 Å². The van der Waals surface area contributed by atoms with Gasteiger partial charge in [-0.25, -0.2) is 18.4 Å². The summed E-state index contributed by atoms with van der Waals surface area (Å²) in [5, 5.41) is 6.02. The number of fused-ring (bicyclic) bond motifs is 1. The second kappa shape index (κ2) is 3.24. The number of sulfonamides is 1. The van der Waals surface area contributed by atoms with E-state index in [-0.39, 0.29) is 10.3 Å². The molecule has 1 aliphatic heterocycles. The smallest absolute Gasteiger partial charge is 0.244 e. The normalized spacial score (nSPS) is 20.0. The van der Waals surface area contributed by atoms with E-state index in [1.54, 1.807) is 0 Å². The van der Waals surface area contributed by atoms with Crippen LogP contribution in [0, 0.1) is 0 Å². The van der Waals surface area contributed by atoms with E-state index >= 15 is 0 Å². The van der Waals surface area contributed by atoms with Gasteiger partial charge in [0, 0.05) is 5.56 Å². The monoisotopic (exact) mass is 265 g/mol. The van der Waals surface area contributed by atoms with Crippen molar-refractivity contribution in [3.8, 4) is 0 Å². The molecular formula is C11H11N3O3S. The van der Waals surface area contributed by atoms with Crippen LogP contribution in [0.4, 0.5) is 4.79 Å². The number of nitrogens with two attached hydrogens (primary N) is 1. The number of benzene rings is 1. The zero-order valence-electron chi connectivity index (χ0n) is 9.67. The molecule has 0 bridgehead atoms. The quantitative estimate of drug-likeness (QED) is 0.798. The lowest BCUT2D eigenvalue weighted by atomic mass is 9.97. The van der Waals surface area contributed by atoms with E-state index in [9.17, 15) is 13.2 Å². The lowest BCUT2D eigenvalue weighted by Gasteiger charge is -2.13. The zero-order chi connectivity index (χ0) is 13.1. The van der Waals surface area contributed by atoms with Crippen molar-refractivity contribution in [2.24, 2.45) is 15.1 Å². The predicted molar refractivity (Wildman–Crippen MR) is 62.1 cm³/mol. The number of amides is 2. The first-order chi connectivity index (χ1) is 8.31. The van der Waals surface area contributed by atoms with E-state index in [1.165, 1.54) is 12.1 Å². The number of hydrogen-bond acceptors (Lipinski definition) is 3. The van der Waals surface area contributed by atoms with Gasteiger partial charge in [0.2, 0.25) is 10.0 Å². The first-order valence-electron chi connectivity index (χ1n) is 5.49. The van der Waals surface area contributed by atoms with E-state index < -0.39 is 16.1 Å². The Balaban J connectivity index is 2.47.